The number of hydrogen-bond donors (Lipinski definition) is 0. The smallest absolute Gasteiger partial charge is 0.0636 e. The van der Waals surface area contributed by atoms with Crippen LogP contribution in [0.5, 0.6) is 0 Å². The standard InChI is InChI=1S/C18H18N2/c1-13-10-17(14(2)20(13)3)12-19-18-9-8-15-6-4-5-7-16(15)11-18/h4-12H,1-3H3. The average Bonchev–Trinajstić information content (AvgIpc) is 2.72. The van der Waals surface area contributed by atoms with E-state index in [2.05, 4.69) is 79.0 Å². The third kappa shape index (κ3) is 2.25. The van der Waals surface area contributed by atoms with Crippen LogP contribution in [0.2, 0.25) is 0 Å². The summed E-state index contributed by atoms with van der Waals surface area (Å²) in [6.07, 6.45) is 1.95. The minimum absolute atomic E-state index is 0.990. The van der Waals surface area contributed by atoms with Crippen LogP contribution in [0.1, 0.15) is 17.0 Å². The van der Waals surface area contributed by atoms with Crippen molar-refractivity contribution in [2.24, 2.45) is 12.0 Å². The maximum atomic E-state index is 4.60. The van der Waals surface area contributed by atoms with Gasteiger partial charge in [-0.15, -0.1) is 0 Å². The monoisotopic (exact) mass is 262 g/mol. The predicted molar refractivity (Wildman–Crippen MR) is 86.1 cm³/mol. The molecule has 0 bridgehead atoms. The molecule has 20 heavy (non-hydrogen) atoms. The minimum Gasteiger partial charge on any atom is -0.352 e. The van der Waals surface area contributed by atoms with Gasteiger partial charge in [0.2, 0.25) is 0 Å². The van der Waals surface area contributed by atoms with E-state index in [0.29, 0.717) is 0 Å². The van der Waals surface area contributed by atoms with E-state index in [0.717, 1.165) is 5.69 Å². The van der Waals surface area contributed by atoms with E-state index >= 15 is 0 Å². The number of rotatable bonds is 2. The number of nitrogens with zero attached hydrogens (tertiary/aromatic N) is 2. The summed E-state index contributed by atoms with van der Waals surface area (Å²) in [5, 5.41) is 2.47. The third-order valence-electron chi connectivity index (χ3n) is 3.90. The van der Waals surface area contributed by atoms with Crippen LogP contribution in [0.15, 0.2) is 53.5 Å². The number of aromatic nitrogens is 1. The first-order chi connectivity index (χ1) is 9.65. The molecule has 0 aliphatic carbocycles. The zero-order valence-corrected chi connectivity index (χ0v) is 12.1. The molecule has 3 aromatic rings. The van der Waals surface area contributed by atoms with Crippen molar-refractivity contribution in [1.29, 1.82) is 0 Å². The van der Waals surface area contributed by atoms with E-state index in [1.54, 1.807) is 0 Å². The van der Waals surface area contributed by atoms with Crippen molar-refractivity contribution >= 4 is 22.7 Å². The van der Waals surface area contributed by atoms with Crippen molar-refractivity contribution in [3.63, 3.8) is 0 Å². The van der Waals surface area contributed by atoms with Gasteiger partial charge in [0.15, 0.2) is 0 Å². The van der Waals surface area contributed by atoms with Crippen molar-refractivity contribution in [3.8, 4) is 0 Å². The molecule has 0 fully saturated rings. The molecule has 0 amide bonds. The van der Waals surface area contributed by atoms with E-state index in [9.17, 15) is 0 Å². The van der Waals surface area contributed by atoms with Crippen molar-refractivity contribution in [2.75, 3.05) is 0 Å². The summed E-state index contributed by atoms with van der Waals surface area (Å²) in [4.78, 5) is 4.60. The molecule has 2 heteroatoms. The Bertz CT molecular complexity index is 794. The Morgan fingerprint density at radius 2 is 1.70 bits per heavy atom. The van der Waals surface area contributed by atoms with Crippen LogP contribution in [0.25, 0.3) is 10.8 Å². The maximum absolute atomic E-state index is 4.60. The van der Waals surface area contributed by atoms with Gasteiger partial charge in [-0.25, -0.2) is 0 Å². The quantitative estimate of drug-likeness (QED) is 0.603. The lowest BCUT2D eigenvalue weighted by Gasteiger charge is -2.00. The van der Waals surface area contributed by atoms with Gasteiger partial charge < -0.3 is 4.57 Å². The highest BCUT2D eigenvalue weighted by Gasteiger charge is 2.03. The Balaban J connectivity index is 1.95. The molecule has 1 aromatic heterocycles. The molecule has 1 heterocycles. The summed E-state index contributed by atoms with van der Waals surface area (Å²) in [6, 6.07) is 16.8. The summed E-state index contributed by atoms with van der Waals surface area (Å²) in [7, 11) is 2.08. The van der Waals surface area contributed by atoms with Gasteiger partial charge in [0.1, 0.15) is 0 Å². The van der Waals surface area contributed by atoms with E-state index in [4.69, 9.17) is 0 Å². The van der Waals surface area contributed by atoms with Crippen LogP contribution >= 0.6 is 0 Å². The molecule has 3 rings (SSSR count). The number of benzene rings is 2. The van der Waals surface area contributed by atoms with Gasteiger partial charge in [-0.1, -0.05) is 30.3 Å². The lowest BCUT2D eigenvalue weighted by Crippen LogP contribution is -1.93. The molecule has 0 radical (unpaired) electrons. The van der Waals surface area contributed by atoms with E-state index in [1.807, 2.05) is 6.21 Å². The van der Waals surface area contributed by atoms with E-state index in [-0.39, 0.29) is 0 Å². The van der Waals surface area contributed by atoms with Gasteiger partial charge in [0.25, 0.3) is 0 Å². The van der Waals surface area contributed by atoms with Crippen molar-refractivity contribution in [1.82, 2.24) is 4.57 Å². The fraction of sp³-hybridized carbons (Fsp3) is 0.167. The van der Waals surface area contributed by atoms with Gasteiger partial charge in [-0.2, -0.15) is 0 Å². The van der Waals surface area contributed by atoms with Gasteiger partial charge in [-0.05, 0) is 42.8 Å². The second kappa shape index (κ2) is 4.97. The first kappa shape index (κ1) is 12.7. The Morgan fingerprint density at radius 1 is 0.950 bits per heavy atom. The number of fused-ring (bicyclic) bond motifs is 1. The van der Waals surface area contributed by atoms with Gasteiger partial charge in [-0.3, -0.25) is 4.99 Å². The molecule has 0 aliphatic rings. The Kier molecular flexibility index (Phi) is 3.15. The molecule has 2 aromatic carbocycles. The highest BCUT2D eigenvalue weighted by Crippen LogP contribution is 2.21. The highest BCUT2D eigenvalue weighted by atomic mass is 14.9. The van der Waals surface area contributed by atoms with Crippen LogP contribution in [0, 0.1) is 13.8 Å². The summed E-state index contributed by atoms with van der Waals surface area (Å²) < 4.78 is 2.18. The summed E-state index contributed by atoms with van der Waals surface area (Å²) in [5.41, 5.74) is 4.66. The summed E-state index contributed by atoms with van der Waals surface area (Å²) in [6.45, 7) is 4.23. The predicted octanol–water partition coefficient (Wildman–Crippen LogP) is 4.55. The van der Waals surface area contributed by atoms with Crippen LogP contribution < -0.4 is 0 Å². The first-order valence-corrected chi connectivity index (χ1v) is 6.81. The second-order valence-electron chi connectivity index (χ2n) is 5.18. The normalized spacial score (nSPS) is 11.6. The molecule has 100 valence electrons. The fourth-order valence-electron chi connectivity index (χ4n) is 2.42. The zero-order valence-electron chi connectivity index (χ0n) is 12.1. The highest BCUT2D eigenvalue weighted by molar-refractivity contribution is 5.88. The Morgan fingerprint density at radius 3 is 2.40 bits per heavy atom. The molecule has 2 nitrogen and oxygen atoms in total. The van der Waals surface area contributed by atoms with Crippen LogP contribution in [0.3, 0.4) is 0 Å². The molecular formula is C18H18N2. The molecule has 0 spiro atoms. The van der Waals surface area contributed by atoms with Crippen LogP contribution in [-0.2, 0) is 7.05 Å². The van der Waals surface area contributed by atoms with Gasteiger partial charge >= 0.3 is 0 Å². The second-order valence-corrected chi connectivity index (χ2v) is 5.18. The largest absolute Gasteiger partial charge is 0.352 e. The van der Waals surface area contributed by atoms with E-state index in [1.165, 1.54) is 27.7 Å². The van der Waals surface area contributed by atoms with Gasteiger partial charge in [0.05, 0.1) is 5.69 Å². The van der Waals surface area contributed by atoms with E-state index < -0.39 is 0 Å². The minimum atomic E-state index is 0.990. The van der Waals surface area contributed by atoms with Crippen LogP contribution in [-0.4, -0.2) is 10.8 Å². The Hall–Kier alpha value is -2.35. The summed E-state index contributed by atoms with van der Waals surface area (Å²) >= 11 is 0. The van der Waals surface area contributed by atoms with Crippen molar-refractivity contribution in [2.45, 2.75) is 13.8 Å². The fourth-order valence-corrected chi connectivity index (χ4v) is 2.42. The first-order valence-electron chi connectivity index (χ1n) is 6.81. The molecule has 0 atom stereocenters. The molecular weight excluding hydrogens is 244 g/mol. The van der Waals surface area contributed by atoms with Crippen LogP contribution in [0.4, 0.5) is 5.69 Å². The summed E-state index contributed by atoms with van der Waals surface area (Å²) in [5.74, 6) is 0. The topological polar surface area (TPSA) is 17.3 Å². The molecule has 0 saturated carbocycles. The Labute approximate surface area is 119 Å². The number of aryl methyl sites for hydroxylation is 1. The SMILES string of the molecule is Cc1cc(C=Nc2ccc3ccccc3c2)c(C)n1C. The molecule has 0 N–H and O–H groups in total. The lowest BCUT2D eigenvalue weighted by molar-refractivity contribution is 0.843. The third-order valence-corrected chi connectivity index (χ3v) is 3.90. The average molecular weight is 262 g/mol. The van der Waals surface area contributed by atoms with Crippen molar-refractivity contribution < 1.29 is 0 Å². The zero-order chi connectivity index (χ0) is 14.1. The van der Waals surface area contributed by atoms with Crippen molar-refractivity contribution in [3.05, 3.63) is 65.5 Å². The molecule has 0 aliphatic heterocycles. The molecule has 0 saturated heterocycles. The maximum Gasteiger partial charge on any atom is 0.0636 e. The number of hydrogen-bond acceptors (Lipinski definition) is 1. The molecule has 0 unspecified atom stereocenters. The lowest BCUT2D eigenvalue weighted by atomic mass is 10.1. The van der Waals surface area contributed by atoms with Gasteiger partial charge in [0, 0.05) is 30.2 Å². The number of aliphatic imine (C=N–C) groups is 1.